The van der Waals surface area contributed by atoms with Crippen molar-refractivity contribution < 1.29 is 14.3 Å². The van der Waals surface area contributed by atoms with Crippen molar-refractivity contribution in [1.29, 1.82) is 0 Å². The summed E-state index contributed by atoms with van der Waals surface area (Å²) in [7, 11) is 0. The predicted molar refractivity (Wildman–Crippen MR) is 89.5 cm³/mol. The van der Waals surface area contributed by atoms with Gasteiger partial charge in [0.05, 0.1) is 5.33 Å². The van der Waals surface area contributed by atoms with Crippen LogP contribution in [-0.2, 0) is 9.53 Å². The smallest absolute Gasteiger partial charge is 0.362 e. The van der Waals surface area contributed by atoms with Gasteiger partial charge in [0.1, 0.15) is 0 Å². The summed E-state index contributed by atoms with van der Waals surface area (Å²) in [5.41, 5.74) is -0.334. The maximum Gasteiger partial charge on any atom is 0.362 e. The van der Waals surface area contributed by atoms with Gasteiger partial charge in [0, 0.05) is 11.1 Å². The number of halogens is 1. The number of cyclic esters (lactones) is 1. The third-order valence-electron chi connectivity index (χ3n) is 3.39. The first-order chi connectivity index (χ1) is 11.1. The molecule has 1 atom stereocenters. The zero-order chi connectivity index (χ0) is 16.3. The molecule has 5 nitrogen and oxygen atoms in total. The van der Waals surface area contributed by atoms with E-state index in [0.717, 1.165) is 0 Å². The van der Waals surface area contributed by atoms with Gasteiger partial charge in [0.15, 0.2) is 0 Å². The van der Waals surface area contributed by atoms with Crippen molar-refractivity contribution >= 4 is 33.7 Å². The van der Waals surface area contributed by atoms with Gasteiger partial charge in [0.25, 0.3) is 5.91 Å². The van der Waals surface area contributed by atoms with Gasteiger partial charge in [-0.05, 0) is 24.3 Å². The lowest BCUT2D eigenvalue weighted by molar-refractivity contribution is -0.138. The number of carbonyl (C=O) groups excluding carboxylic acids is 2. The standard InChI is InChI=1S/C17H13BrN2O3/c18-11-17(19-14(21)12-7-3-1-4-8-12)16(22)23-15(20-17)13-9-5-2-6-10-13/h1-10H,11H2,(H,19,21). The van der Waals surface area contributed by atoms with Gasteiger partial charge in [-0.15, -0.1) is 0 Å². The van der Waals surface area contributed by atoms with Crippen LogP contribution >= 0.6 is 15.9 Å². The third-order valence-corrected chi connectivity index (χ3v) is 4.20. The summed E-state index contributed by atoms with van der Waals surface area (Å²) in [6, 6.07) is 17.7. The van der Waals surface area contributed by atoms with Crippen LogP contribution in [-0.4, -0.2) is 28.8 Å². The average Bonchev–Trinajstić information content (AvgIpc) is 2.93. The summed E-state index contributed by atoms with van der Waals surface area (Å²) in [5, 5.41) is 2.78. The van der Waals surface area contributed by atoms with Crippen LogP contribution in [0.15, 0.2) is 65.7 Å². The predicted octanol–water partition coefficient (Wildman–Crippen LogP) is 2.51. The van der Waals surface area contributed by atoms with Crippen LogP contribution < -0.4 is 5.32 Å². The number of aliphatic imine (C=N–C) groups is 1. The molecule has 0 saturated heterocycles. The zero-order valence-electron chi connectivity index (χ0n) is 12.0. The van der Waals surface area contributed by atoms with Crippen molar-refractivity contribution in [3.63, 3.8) is 0 Å². The van der Waals surface area contributed by atoms with Crippen molar-refractivity contribution in [1.82, 2.24) is 5.32 Å². The minimum Gasteiger partial charge on any atom is -0.404 e. The lowest BCUT2D eigenvalue weighted by Gasteiger charge is -2.20. The van der Waals surface area contributed by atoms with Crippen LogP contribution in [0.1, 0.15) is 15.9 Å². The van der Waals surface area contributed by atoms with E-state index in [1.807, 2.05) is 24.3 Å². The first kappa shape index (κ1) is 15.4. The summed E-state index contributed by atoms with van der Waals surface area (Å²) >= 11 is 3.25. The summed E-state index contributed by atoms with van der Waals surface area (Å²) in [6.45, 7) is 0. The second kappa shape index (κ2) is 6.34. The van der Waals surface area contributed by atoms with Crippen LogP contribution in [0.2, 0.25) is 0 Å². The van der Waals surface area contributed by atoms with Gasteiger partial charge in [-0.3, -0.25) is 4.79 Å². The lowest BCUT2D eigenvalue weighted by Crippen LogP contribution is -2.52. The van der Waals surface area contributed by atoms with Crippen molar-refractivity contribution in [2.24, 2.45) is 4.99 Å². The second-order valence-corrected chi connectivity index (χ2v) is 5.55. The molecule has 3 rings (SSSR count). The van der Waals surface area contributed by atoms with Crippen LogP contribution in [0.3, 0.4) is 0 Å². The molecule has 1 aliphatic rings. The van der Waals surface area contributed by atoms with Gasteiger partial charge in [0.2, 0.25) is 11.6 Å². The number of alkyl halides is 1. The fourth-order valence-electron chi connectivity index (χ4n) is 2.16. The lowest BCUT2D eigenvalue weighted by atomic mass is 10.1. The number of carbonyl (C=O) groups is 2. The maximum atomic E-state index is 12.3. The monoisotopic (exact) mass is 372 g/mol. The molecule has 0 saturated carbocycles. The van der Waals surface area contributed by atoms with E-state index >= 15 is 0 Å². The molecule has 2 aromatic rings. The van der Waals surface area contributed by atoms with Crippen molar-refractivity contribution in [2.75, 3.05) is 5.33 Å². The van der Waals surface area contributed by atoms with E-state index in [1.54, 1.807) is 36.4 Å². The van der Waals surface area contributed by atoms with E-state index in [0.29, 0.717) is 11.1 Å². The van der Waals surface area contributed by atoms with Gasteiger partial charge < -0.3 is 10.1 Å². The van der Waals surface area contributed by atoms with Gasteiger partial charge in [-0.25, -0.2) is 9.79 Å². The molecule has 6 heteroatoms. The molecule has 0 radical (unpaired) electrons. The molecule has 2 aromatic carbocycles. The Morgan fingerprint density at radius 2 is 1.70 bits per heavy atom. The number of benzene rings is 2. The van der Waals surface area contributed by atoms with E-state index in [4.69, 9.17) is 4.74 Å². The molecule has 1 unspecified atom stereocenters. The van der Waals surface area contributed by atoms with E-state index in [1.165, 1.54) is 0 Å². The van der Waals surface area contributed by atoms with Crippen LogP contribution in [0.4, 0.5) is 0 Å². The minimum absolute atomic E-state index is 0.119. The molecule has 0 bridgehead atoms. The molecule has 1 heterocycles. The molecule has 0 spiro atoms. The molecular weight excluding hydrogens is 360 g/mol. The molecule has 116 valence electrons. The van der Waals surface area contributed by atoms with Crippen molar-refractivity contribution in [2.45, 2.75) is 5.66 Å². The van der Waals surface area contributed by atoms with E-state index in [-0.39, 0.29) is 17.1 Å². The molecule has 0 aliphatic carbocycles. The number of nitrogens with one attached hydrogen (secondary N) is 1. The highest BCUT2D eigenvalue weighted by Crippen LogP contribution is 2.24. The number of esters is 1. The summed E-state index contributed by atoms with van der Waals surface area (Å²) < 4.78 is 5.26. The highest BCUT2D eigenvalue weighted by Gasteiger charge is 2.47. The first-order valence-electron chi connectivity index (χ1n) is 6.96. The van der Waals surface area contributed by atoms with Gasteiger partial charge in [-0.1, -0.05) is 52.3 Å². The summed E-state index contributed by atoms with van der Waals surface area (Å²) in [5.74, 6) is -0.805. The second-order valence-electron chi connectivity index (χ2n) is 4.99. The third kappa shape index (κ3) is 3.03. The Kier molecular flexibility index (Phi) is 4.25. The van der Waals surface area contributed by atoms with Crippen molar-refractivity contribution in [3.8, 4) is 0 Å². The number of hydrogen-bond acceptors (Lipinski definition) is 4. The summed E-state index contributed by atoms with van der Waals surface area (Å²) in [4.78, 5) is 29.0. The normalized spacial score (nSPS) is 19.9. The number of nitrogens with zero attached hydrogens (tertiary/aromatic N) is 1. The molecule has 23 heavy (non-hydrogen) atoms. The topological polar surface area (TPSA) is 67.8 Å². The number of ether oxygens (including phenoxy) is 1. The van der Waals surface area contributed by atoms with E-state index in [2.05, 4.69) is 26.2 Å². The highest BCUT2D eigenvalue weighted by atomic mass is 79.9. The maximum absolute atomic E-state index is 12.3. The van der Waals surface area contributed by atoms with Crippen LogP contribution in [0.25, 0.3) is 0 Å². The minimum atomic E-state index is -1.46. The number of rotatable bonds is 4. The molecule has 0 fully saturated rings. The number of amides is 1. The Morgan fingerprint density at radius 1 is 1.09 bits per heavy atom. The fourth-order valence-corrected chi connectivity index (χ4v) is 2.66. The fraction of sp³-hybridized carbons (Fsp3) is 0.118. The number of hydrogen-bond donors (Lipinski definition) is 1. The Hall–Kier alpha value is -2.47. The van der Waals surface area contributed by atoms with Crippen LogP contribution in [0, 0.1) is 0 Å². The Balaban J connectivity index is 1.90. The SMILES string of the molecule is O=C(NC1(CBr)N=C(c2ccccc2)OC1=O)c1ccccc1. The van der Waals surface area contributed by atoms with Gasteiger partial charge in [-0.2, -0.15) is 0 Å². The van der Waals surface area contributed by atoms with Crippen molar-refractivity contribution in [3.05, 3.63) is 71.8 Å². The zero-order valence-corrected chi connectivity index (χ0v) is 13.6. The average molecular weight is 373 g/mol. The largest absolute Gasteiger partial charge is 0.404 e. The molecule has 1 aliphatic heterocycles. The summed E-state index contributed by atoms with van der Waals surface area (Å²) in [6.07, 6.45) is 0. The Morgan fingerprint density at radius 3 is 2.30 bits per heavy atom. The highest BCUT2D eigenvalue weighted by molar-refractivity contribution is 9.09. The first-order valence-corrected chi connectivity index (χ1v) is 8.08. The van der Waals surface area contributed by atoms with E-state index < -0.39 is 11.6 Å². The molecule has 0 aromatic heterocycles. The quantitative estimate of drug-likeness (QED) is 0.662. The Labute approximate surface area is 141 Å². The molecular formula is C17H13BrN2O3. The van der Waals surface area contributed by atoms with Gasteiger partial charge >= 0.3 is 5.97 Å². The molecule has 1 amide bonds. The van der Waals surface area contributed by atoms with E-state index in [9.17, 15) is 9.59 Å². The molecule has 1 N–H and O–H groups in total. The Bertz CT molecular complexity index is 762. The van der Waals surface area contributed by atoms with Crippen LogP contribution in [0.5, 0.6) is 0 Å².